The largest absolute Gasteiger partial charge is 0.481 e. The molecule has 128 valence electrons. The Bertz CT molecular complexity index is 470. The van der Waals surface area contributed by atoms with E-state index in [0.717, 1.165) is 51.4 Å². The molecule has 5 heteroatoms. The van der Waals surface area contributed by atoms with Gasteiger partial charge in [0.05, 0.1) is 0 Å². The smallest absolute Gasteiger partial charge is 0.311 e. The van der Waals surface area contributed by atoms with E-state index in [-0.39, 0.29) is 12.4 Å². The number of hydrogen-bond acceptors (Lipinski definition) is 4. The molecule has 0 unspecified atom stereocenters. The predicted molar refractivity (Wildman–Crippen MR) is 90.3 cm³/mol. The number of nitrogen functional groups attached to an aromatic ring is 1. The van der Waals surface area contributed by atoms with Gasteiger partial charge in [0.1, 0.15) is 5.75 Å². The number of nitrogens with two attached hydrogens (primary N) is 1. The molecule has 0 aromatic heterocycles. The van der Waals surface area contributed by atoms with Gasteiger partial charge in [-0.05, 0) is 37.1 Å². The third kappa shape index (κ3) is 10.3. The monoisotopic (exact) mass is 321 g/mol. The first-order valence-electron chi connectivity index (χ1n) is 8.36. The first-order chi connectivity index (χ1) is 11.1. The van der Waals surface area contributed by atoms with Gasteiger partial charge in [-0.15, -0.1) is 0 Å². The molecule has 0 saturated carbocycles. The third-order valence-corrected chi connectivity index (χ3v) is 3.63. The van der Waals surface area contributed by atoms with Crippen LogP contribution in [0.15, 0.2) is 24.3 Å². The third-order valence-electron chi connectivity index (χ3n) is 3.63. The van der Waals surface area contributed by atoms with Crippen LogP contribution >= 0.6 is 0 Å². The maximum Gasteiger partial charge on any atom is 0.311 e. The number of carboxylic acid groups (broad SMARTS) is 1. The van der Waals surface area contributed by atoms with Crippen LogP contribution in [0.2, 0.25) is 0 Å². The molecule has 1 aromatic rings. The van der Waals surface area contributed by atoms with Crippen LogP contribution in [0.4, 0.5) is 5.69 Å². The highest BCUT2D eigenvalue weighted by Crippen LogP contribution is 2.15. The number of ether oxygens (including phenoxy) is 1. The van der Waals surface area contributed by atoms with Crippen LogP contribution in [0.1, 0.15) is 64.2 Å². The van der Waals surface area contributed by atoms with Crippen LogP contribution in [0.5, 0.6) is 5.75 Å². The minimum atomic E-state index is -0.712. The van der Waals surface area contributed by atoms with E-state index >= 15 is 0 Å². The van der Waals surface area contributed by atoms with Gasteiger partial charge in [-0.1, -0.05) is 38.5 Å². The first-order valence-corrected chi connectivity index (χ1v) is 8.36. The molecule has 0 fully saturated rings. The predicted octanol–water partition coefficient (Wildman–Crippen LogP) is 4.16. The zero-order valence-corrected chi connectivity index (χ0v) is 13.6. The van der Waals surface area contributed by atoms with E-state index in [1.807, 2.05) is 0 Å². The summed E-state index contributed by atoms with van der Waals surface area (Å²) in [4.78, 5) is 22.0. The summed E-state index contributed by atoms with van der Waals surface area (Å²) in [5.41, 5.74) is 6.22. The van der Waals surface area contributed by atoms with E-state index in [4.69, 9.17) is 15.6 Å². The summed E-state index contributed by atoms with van der Waals surface area (Å²) in [6, 6.07) is 6.80. The van der Waals surface area contributed by atoms with Crippen LogP contribution in [0, 0.1) is 0 Å². The van der Waals surface area contributed by atoms with Crippen molar-refractivity contribution >= 4 is 17.6 Å². The standard InChI is InChI=1S/C18H27NO4/c19-15-11-13-16(14-12-15)23-18(22)10-8-6-4-2-1-3-5-7-9-17(20)21/h11-14H,1-10,19H2,(H,20,21). The fourth-order valence-electron chi connectivity index (χ4n) is 2.32. The quantitative estimate of drug-likeness (QED) is 0.261. The zero-order chi connectivity index (χ0) is 16.9. The van der Waals surface area contributed by atoms with E-state index in [0.29, 0.717) is 17.9 Å². The fourth-order valence-corrected chi connectivity index (χ4v) is 2.32. The number of benzene rings is 1. The van der Waals surface area contributed by atoms with Crippen molar-refractivity contribution < 1.29 is 19.4 Å². The molecule has 0 radical (unpaired) electrons. The van der Waals surface area contributed by atoms with Crippen molar-refractivity contribution in [3.8, 4) is 5.75 Å². The molecule has 23 heavy (non-hydrogen) atoms. The average Bonchev–Trinajstić information content (AvgIpc) is 2.51. The van der Waals surface area contributed by atoms with Crippen LogP contribution in [0.25, 0.3) is 0 Å². The molecule has 1 rings (SSSR count). The summed E-state index contributed by atoms with van der Waals surface area (Å²) in [6.07, 6.45) is 8.79. The Morgan fingerprint density at radius 1 is 0.826 bits per heavy atom. The van der Waals surface area contributed by atoms with Crippen molar-refractivity contribution in [2.24, 2.45) is 0 Å². The molecular weight excluding hydrogens is 294 g/mol. The number of unbranched alkanes of at least 4 members (excludes halogenated alkanes) is 7. The lowest BCUT2D eigenvalue weighted by Crippen LogP contribution is -2.07. The van der Waals surface area contributed by atoms with E-state index in [9.17, 15) is 9.59 Å². The summed E-state index contributed by atoms with van der Waals surface area (Å²) in [7, 11) is 0. The van der Waals surface area contributed by atoms with Crippen molar-refractivity contribution in [3.63, 3.8) is 0 Å². The van der Waals surface area contributed by atoms with Crippen LogP contribution < -0.4 is 10.5 Å². The highest BCUT2D eigenvalue weighted by atomic mass is 16.5. The molecule has 3 N–H and O–H groups in total. The summed E-state index contributed by atoms with van der Waals surface area (Å²) in [5.74, 6) is -0.384. The lowest BCUT2D eigenvalue weighted by atomic mass is 10.1. The number of carboxylic acids is 1. The van der Waals surface area contributed by atoms with Gasteiger partial charge in [-0.3, -0.25) is 9.59 Å². The summed E-state index contributed by atoms with van der Waals surface area (Å²) in [5, 5.41) is 8.52. The summed E-state index contributed by atoms with van der Waals surface area (Å²) in [6.45, 7) is 0. The van der Waals surface area contributed by atoms with Crippen molar-refractivity contribution in [1.29, 1.82) is 0 Å². The molecule has 0 saturated heterocycles. The van der Waals surface area contributed by atoms with Crippen molar-refractivity contribution in [2.75, 3.05) is 5.73 Å². The van der Waals surface area contributed by atoms with Crippen LogP contribution in [-0.4, -0.2) is 17.0 Å². The highest BCUT2D eigenvalue weighted by molar-refractivity contribution is 5.72. The maximum absolute atomic E-state index is 11.7. The molecule has 0 aliphatic rings. The average molecular weight is 321 g/mol. The Kier molecular flexibility index (Phi) is 9.52. The topological polar surface area (TPSA) is 89.6 Å². The van der Waals surface area contributed by atoms with Gasteiger partial charge in [0.25, 0.3) is 0 Å². The molecule has 0 atom stereocenters. The van der Waals surface area contributed by atoms with E-state index in [1.165, 1.54) is 0 Å². The van der Waals surface area contributed by atoms with E-state index < -0.39 is 5.97 Å². The normalized spacial score (nSPS) is 10.4. The van der Waals surface area contributed by atoms with Crippen molar-refractivity contribution in [3.05, 3.63) is 24.3 Å². The fraction of sp³-hybridized carbons (Fsp3) is 0.556. The zero-order valence-electron chi connectivity index (χ0n) is 13.6. The first kappa shape index (κ1) is 19.0. The molecular formula is C18H27NO4. The number of aliphatic carboxylic acids is 1. The molecule has 0 aliphatic carbocycles. The lowest BCUT2D eigenvalue weighted by molar-refractivity contribution is -0.137. The Morgan fingerprint density at radius 2 is 1.30 bits per heavy atom. The number of carbonyl (C=O) groups is 2. The Balaban J connectivity index is 1.93. The van der Waals surface area contributed by atoms with E-state index in [2.05, 4.69) is 0 Å². The number of hydrogen-bond donors (Lipinski definition) is 2. The minimum absolute atomic E-state index is 0.205. The van der Waals surface area contributed by atoms with Gasteiger partial charge in [0, 0.05) is 18.5 Å². The Morgan fingerprint density at radius 3 is 1.83 bits per heavy atom. The molecule has 0 bridgehead atoms. The molecule has 1 aromatic carbocycles. The minimum Gasteiger partial charge on any atom is -0.481 e. The molecule has 0 heterocycles. The summed E-state index contributed by atoms with van der Waals surface area (Å²) >= 11 is 0. The SMILES string of the molecule is Nc1ccc(OC(=O)CCCCCCCCCCC(=O)O)cc1. The van der Waals surface area contributed by atoms with Gasteiger partial charge in [0.2, 0.25) is 0 Å². The molecule has 5 nitrogen and oxygen atoms in total. The van der Waals surface area contributed by atoms with Gasteiger partial charge in [-0.25, -0.2) is 0 Å². The van der Waals surface area contributed by atoms with Gasteiger partial charge >= 0.3 is 11.9 Å². The molecule has 0 amide bonds. The number of esters is 1. The summed E-state index contributed by atoms with van der Waals surface area (Å²) < 4.78 is 5.22. The second kappa shape index (κ2) is 11.5. The number of carbonyl (C=O) groups excluding carboxylic acids is 1. The molecule has 0 spiro atoms. The second-order valence-corrected chi connectivity index (χ2v) is 5.77. The van der Waals surface area contributed by atoms with Crippen LogP contribution in [-0.2, 0) is 9.59 Å². The Labute approximate surface area is 137 Å². The number of rotatable bonds is 12. The van der Waals surface area contributed by atoms with Gasteiger partial charge in [0.15, 0.2) is 0 Å². The van der Waals surface area contributed by atoms with Crippen molar-refractivity contribution in [1.82, 2.24) is 0 Å². The van der Waals surface area contributed by atoms with Crippen molar-refractivity contribution in [2.45, 2.75) is 64.2 Å². The van der Waals surface area contributed by atoms with E-state index in [1.54, 1.807) is 24.3 Å². The number of anilines is 1. The highest BCUT2D eigenvalue weighted by Gasteiger charge is 2.04. The van der Waals surface area contributed by atoms with Gasteiger partial charge in [-0.2, -0.15) is 0 Å². The Hall–Kier alpha value is -2.04. The van der Waals surface area contributed by atoms with Crippen LogP contribution in [0.3, 0.4) is 0 Å². The van der Waals surface area contributed by atoms with Gasteiger partial charge < -0.3 is 15.6 Å². The molecule has 0 aliphatic heterocycles. The lowest BCUT2D eigenvalue weighted by Gasteiger charge is -2.05. The second-order valence-electron chi connectivity index (χ2n) is 5.77. The maximum atomic E-state index is 11.7.